The number of nitrogens with zero attached hydrogens (tertiary/aromatic N) is 2. The molecule has 0 radical (unpaired) electrons. The summed E-state index contributed by atoms with van der Waals surface area (Å²) in [6.45, 7) is 2.00. The minimum absolute atomic E-state index is 0.140. The lowest BCUT2D eigenvalue weighted by molar-refractivity contribution is -0.115. The average molecular weight is 313 g/mol. The topological polar surface area (TPSA) is 128 Å². The molecule has 1 aromatic heterocycles. The number of aromatic nitrogens is 1. The van der Waals surface area contributed by atoms with E-state index in [-0.39, 0.29) is 17.8 Å². The summed E-state index contributed by atoms with van der Waals surface area (Å²) in [4.78, 5) is 20.8. The molecule has 120 valence electrons. The molecule has 1 atom stereocenters. The van der Waals surface area contributed by atoms with Crippen LogP contribution >= 0.6 is 0 Å². The van der Waals surface area contributed by atoms with Crippen molar-refractivity contribution in [1.82, 2.24) is 20.9 Å². The van der Waals surface area contributed by atoms with E-state index in [0.717, 1.165) is 19.5 Å². The number of hydrogen-bond donors (Lipinski definition) is 5. The lowest BCUT2D eigenvalue weighted by Gasteiger charge is -2.10. The van der Waals surface area contributed by atoms with Gasteiger partial charge in [0.1, 0.15) is 17.4 Å². The van der Waals surface area contributed by atoms with Crippen molar-refractivity contribution < 1.29 is 4.79 Å². The number of carbonyl (C=O) groups excluding carboxylic acids is 1. The first-order valence-corrected chi connectivity index (χ1v) is 7.48. The monoisotopic (exact) mass is 313 g/mol. The Morgan fingerprint density at radius 2 is 2.30 bits per heavy atom. The summed E-state index contributed by atoms with van der Waals surface area (Å²) in [7, 11) is 0. The first-order valence-electron chi connectivity index (χ1n) is 7.48. The van der Waals surface area contributed by atoms with Crippen molar-refractivity contribution >= 4 is 23.0 Å². The van der Waals surface area contributed by atoms with Crippen LogP contribution in [0.15, 0.2) is 35.2 Å². The first kappa shape index (κ1) is 15.2. The van der Waals surface area contributed by atoms with Gasteiger partial charge in [-0.05, 0) is 25.1 Å². The Labute approximate surface area is 133 Å². The van der Waals surface area contributed by atoms with Gasteiger partial charge in [-0.15, -0.1) is 0 Å². The normalized spacial score (nSPS) is 22.3. The van der Waals surface area contributed by atoms with E-state index in [1.165, 1.54) is 0 Å². The Morgan fingerprint density at radius 3 is 2.96 bits per heavy atom. The molecule has 3 heterocycles. The minimum atomic E-state index is -0.190. The zero-order valence-corrected chi connectivity index (χ0v) is 12.6. The molecule has 0 saturated carbocycles. The van der Waals surface area contributed by atoms with Gasteiger partial charge in [0.2, 0.25) is 0 Å². The number of carbonyl (C=O) groups is 1. The van der Waals surface area contributed by atoms with E-state index in [4.69, 9.17) is 11.1 Å². The smallest absolute Gasteiger partial charge is 0.267 e. The van der Waals surface area contributed by atoms with Gasteiger partial charge < -0.3 is 21.7 Å². The molecule has 1 saturated heterocycles. The third-order valence-corrected chi connectivity index (χ3v) is 3.75. The zero-order chi connectivity index (χ0) is 16.2. The van der Waals surface area contributed by atoms with E-state index >= 15 is 0 Å². The largest absolute Gasteiger partial charge is 0.384 e. The minimum Gasteiger partial charge on any atom is -0.384 e. The number of pyridine rings is 1. The molecule has 0 spiro atoms. The summed E-state index contributed by atoms with van der Waals surface area (Å²) >= 11 is 0. The van der Waals surface area contributed by atoms with Crippen LogP contribution in [0.2, 0.25) is 0 Å². The summed E-state index contributed by atoms with van der Waals surface area (Å²) in [6.07, 6.45) is 2.54. The second-order valence-corrected chi connectivity index (χ2v) is 5.43. The fraction of sp³-hybridized carbons (Fsp3) is 0.333. The summed E-state index contributed by atoms with van der Waals surface area (Å²) in [5.74, 6) is 0.0765. The highest BCUT2D eigenvalue weighted by Gasteiger charge is 2.25. The maximum Gasteiger partial charge on any atom is 0.267 e. The first-order chi connectivity index (χ1) is 11.1. The molecule has 0 aliphatic carbocycles. The third-order valence-electron chi connectivity index (χ3n) is 3.75. The van der Waals surface area contributed by atoms with Crippen LogP contribution in [0.5, 0.6) is 0 Å². The predicted molar refractivity (Wildman–Crippen MR) is 87.9 cm³/mol. The van der Waals surface area contributed by atoms with Crippen LogP contribution in [0.25, 0.3) is 5.57 Å². The van der Waals surface area contributed by atoms with E-state index in [1.807, 2.05) is 6.07 Å². The van der Waals surface area contributed by atoms with E-state index in [0.29, 0.717) is 29.3 Å². The fourth-order valence-corrected chi connectivity index (χ4v) is 2.60. The Hall–Kier alpha value is -2.74. The fourth-order valence-electron chi connectivity index (χ4n) is 2.60. The Morgan fingerprint density at radius 1 is 1.43 bits per heavy atom. The molecule has 2 aliphatic heterocycles. The van der Waals surface area contributed by atoms with Gasteiger partial charge in [0.25, 0.3) is 5.91 Å². The quantitative estimate of drug-likeness (QED) is 0.367. The molecule has 2 aliphatic rings. The summed E-state index contributed by atoms with van der Waals surface area (Å²) in [6, 6.07) is 5.49. The Kier molecular flexibility index (Phi) is 4.33. The van der Waals surface area contributed by atoms with Gasteiger partial charge in [-0.1, -0.05) is 6.07 Å². The molecule has 8 heteroatoms. The Bertz CT molecular complexity index is 674. The third kappa shape index (κ3) is 3.37. The molecule has 0 bridgehead atoms. The van der Waals surface area contributed by atoms with E-state index in [1.54, 1.807) is 18.3 Å². The number of aliphatic imine (C=N–C) groups is 1. The van der Waals surface area contributed by atoms with Gasteiger partial charge in [-0.2, -0.15) is 0 Å². The standard InChI is InChI=1S/C15H19N7O/c16-13(17)12(10-3-1-2-5-19-10)14-20-8-11(22-14)15(23)21-9-4-6-18-7-9/h1-3,5,9,18,20H,4,6-8H2,(H3,16,17)(H,21,23)/b14-12-. The van der Waals surface area contributed by atoms with Crippen molar-refractivity contribution in [3.05, 3.63) is 35.9 Å². The van der Waals surface area contributed by atoms with Gasteiger partial charge >= 0.3 is 0 Å². The number of rotatable bonds is 4. The van der Waals surface area contributed by atoms with Crippen molar-refractivity contribution in [1.29, 1.82) is 5.41 Å². The molecule has 0 aromatic carbocycles. The molecule has 6 N–H and O–H groups in total. The van der Waals surface area contributed by atoms with Gasteiger partial charge in [-0.3, -0.25) is 15.2 Å². The van der Waals surface area contributed by atoms with Crippen LogP contribution in [0.4, 0.5) is 0 Å². The molecular formula is C15H19N7O. The molecule has 1 unspecified atom stereocenters. The van der Waals surface area contributed by atoms with Crippen molar-refractivity contribution in [2.24, 2.45) is 10.7 Å². The van der Waals surface area contributed by atoms with Crippen molar-refractivity contribution in [3.63, 3.8) is 0 Å². The second-order valence-electron chi connectivity index (χ2n) is 5.43. The highest BCUT2D eigenvalue weighted by Crippen LogP contribution is 2.18. The number of nitrogens with one attached hydrogen (secondary N) is 4. The van der Waals surface area contributed by atoms with Gasteiger partial charge in [0, 0.05) is 18.8 Å². The van der Waals surface area contributed by atoms with Crippen LogP contribution in [0.3, 0.4) is 0 Å². The molecule has 1 amide bonds. The Balaban J connectivity index is 1.83. The molecule has 1 aromatic rings. The number of hydrogen-bond acceptors (Lipinski definition) is 6. The SMILES string of the molecule is N=C(N)/C(=C1\N=C(C(=O)NC2CCNC2)CN1)c1ccccn1. The summed E-state index contributed by atoms with van der Waals surface area (Å²) in [5, 5.41) is 17.0. The second kappa shape index (κ2) is 6.57. The van der Waals surface area contributed by atoms with E-state index in [2.05, 4.69) is 25.9 Å². The maximum atomic E-state index is 12.2. The van der Waals surface area contributed by atoms with Crippen molar-refractivity contribution in [3.8, 4) is 0 Å². The molecule has 1 fully saturated rings. The van der Waals surface area contributed by atoms with Crippen LogP contribution in [-0.4, -0.2) is 48.1 Å². The highest BCUT2D eigenvalue weighted by atomic mass is 16.2. The number of amidine groups is 1. The number of nitrogens with two attached hydrogens (primary N) is 1. The molecule has 3 rings (SSSR count). The molecular weight excluding hydrogens is 294 g/mol. The van der Waals surface area contributed by atoms with Crippen molar-refractivity contribution in [2.45, 2.75) is 12.5 Å². The average Bonchev–Trinajstić information content (AvgIpc) is 3.20. The summed E-state index contributed by atoms with van der Waals surface area (Å²) < 4.78 is 0. The van der Waals surface area contributed by atoms with Crippen molar-refractivity contribution in [2.75, 3.05) is 19.6 Å². The molecule has 8 nitrogen and oxygen atoms in total. The van der Waals surface area contributed by atoms with Gasteiger partial charge in [0.15, 0.2) is 0 Å². The van der Waals surface area contributed by atoms with Gasteiger partial charge in [-0.25, -0.2) is 4.99 Å². The van der Waals surface area contributed by atoms with E-state index in [9.17, 15) is 4.79 Å². The van der Waals surface area contributed by atoms with E-state index < -0.39 is 0 Å². The predicted octanol–water partition coefficient (Wildman–Crippen LogP) is -0.792. The summed E-state index contributed by atoms with van der Waals surface area (Å²) in [5.41, 5.74) is 7.01. The maximum absolute atomic E-state index is 12.2. The van der Waals surface area contributed by atoms with Crippen LogP contribution in [0, 0.1) is 5.41 Å². The molecule has 23 heavy (non-hydrogen) atoms. The zero-order valence-electron chi connectivity index (χ0n) is 12.6. The highest BCUT2D eigenvalue weighted by molar-refractivity contribution is 6.41. The van der Waals surface area contributed by atoms with Crippen LogP contribution in [0.1, 0.15) is 12.1 Å². The lowest BCUT2D eigenvalue weighted by Crippen LogP contribution is -2.41. The number of amides is 1. The van der Waals surface area contributed by atoms with Crippen LogP contribution in [-0.2, 0) is 4.79 Å². The van der Waals surface area contributed by atoms with Crippen LogP contribution < -0.4 is 21.7 Å². The van der Waals surface area contributed by atoms with Gasteiger partial charge in [0.05, 0.1) is 17.8 Å². The lowest BCUT2D eigenvalue weighted by atomic mass is 10.1.